The van der Waals surface area contributed by atoms with Crippen LogP contribution in [0, 0.1) is 5.92 Å². The van der Waals surface area contributed by atoms with E-state index in [4.69, 9.17) is 15.4 Å². The minimum Gasteiger partial charge on any atom is -0.480 e. The van der Waals surface area contributed by atoms with Gasteiger partial charge in [0.15, 0.2) is 6.10 Å². The lowest BCUT2D eigenvalue weighted by molar-refractivity contribution is -0.127. The van der Waals surface area contributed by atoms with Crippen LogP contribution >= 0.6 is 10.7 Å². The molecule has 0 spiro atoms. The smallest absolute Gasteiger partial charge is 0.261 e. The van der Waals surface area contributed by atoms with Gasteiger partial charge in [0.2, 0.25) is 0 Å². The Bertz CT molecular complexity index is 627. The molecule has 0 saturated carbocycles. The number of carbonyl (C=O) groups excluding carboxylic acids is 1. The van der Waals surface area contributed by atoms with Gasteiger partial charge in [-0.1, -0.05) is 13.8 Å². The summed E-state index contributed by atoms with van der Waals surface area (Å²) >= 11 is 0. The van der Waals surface area contributed by atoms with Crippen molar-refractivity contribution < 1.29 is 17.9 Å². The number of rotatable bonds is 4. The molecule has 1 heterocycles. The number of hydrogen-bond donors (Lipinski definition) is 1. The molecule has 5 nitrogen and oxygen atoms in total. The van der Waals surface area contributed by atoms with Crippen LogP contribution in [-0.2, 0) is 20.3 Å². The van der Waals surface area contributed by atoms with E-state index in [0.29, 0.717) is 30.2 Å². The summed E-state index contributed by atoms with van der Waals surface area (Å²) in [5.41, 5.74) is 0.677. The monoisotopic (exact) mass is 317 g/mol. The van der Waals surface area contributed by atoms with Crippen LogP contribution in [0.1, 0.15) is 19.4 Å². The minimum atomic E-state index is -3.77. The number of fused-ring (bicyclic) bond motifs is 1. The summed E-state index contributed by atoms with van der Waals surface area (Å²) in [6.07, 6.45) is -0.267. The molecular formula is C13H16ClNO4S. The van der Waals surface area contributed by atoms with Gasteiger partial charge in [0.25, 0.3) is 15.0 Å². The molecule has 0 aliphatic carbocycles. The molecule has 2 rings (SSSR count). The van der Waals surface area contributed by atoms with Crippen LogP contribution in [0.25, 0.3) is 0 Å². The van der Waals surface area contributed by atoms with Crippen molar-refractivity contribution in [3.05, 3.63) is 23.8 Å². The fraction of sp³-hybridized carbons (Fsp3) is 0.462. The van der Waals surface area contributed by atoms with E-state index in [1.54, 1.807) is 0 Å². The third kappa shape index (κ3) is 3.43. The normalized spacial score (nSPS) is 17.7. The quantitative estimate of drug-likeness (QED) is 0.858. The molecule has 0 fully saturated rings. The molecule has 0 saturated heterocycles. The van der Waals surface area contributed by atoms with Crippen molar-refractivity contribution in [2.75, 3.05) is 6.54 Å². The second-order valence-electron chi connectivity index (χ2n) is 5.16. The highest BCUT2D eigenvalue weighted by Crippen LogP contribution is 2.31. The molecule has 110 valence electrons. The maximum atomic E-state index is 11.9. The molecule has 0 bridgehead atoms. The van der Waals surface area contributed by atoms with Crippen LogP contribution in [0.2, 0.25) is 0 Å². The SMILES string of the molecule is CC(C)CNC(=O)C1Cc2cc(S(=O)(=O)Cl)ccc2O1. The summed E-state index contributed by atoms with van der Waals surface area (Å²) in [5, 5.41) is 2.80. The molecule has 0 radical (unpaired) electrons. The Morgan fingerprint density at radius 2 is 2.20 bits per heavy atom. The number of amides is 1. The number of benzene rings is 1. The van der Waals surface area contributed by atoms with Gasteiger partial charge in [-0.05, 0) is 29.7 Å². The van der Waals surface area contributed by atoms with Crippen LogP contribution < -0.4 is 10.1 Å². The van der Waals surface area contributed by atoms with E-state index in [2.05, 4.69) is 5.32 Å². The summed E-state index contributed by atoms with van der Waals surface area (Å²) in [7, 11) is 1.53. The van der Waals surface area contributed by atoms with E-state index in [0.717, 1.165) is 0 Å². The summed E-state index contributed by atoms with van der Waals surface area (Å²) in [6, 6.07) is 4.35. The molecular weight excluding hydrogens is 302 g/mol. The lowest BCUT2D eigenvalue weighted by atomic mass is 10.1. The molecule has 1 aliphatic heterocycles. The first kappa shape index (κ1) is 15.1. The van der Waals surface area contributed by atoms with Gasteiger partial charge in [0.1, 0.15) is 5.75 Å². The Morgan fingerprint density at radius 3 is 2.80 bits per heavy atom. The molecule has 1 N–H and O–H groups in total. The number of hydrogen-bond acceptors (Lipinski definition) is 4. The standard InChI is InChI=1S/C13H16ClNO4S/c1-8(2)7-15-13(16)12-6-9-5-10(20(14,17)18)3-4-11(9)19-12/h3-5,8,12H,6-7H2,1-2H3,(H,15,16). The highest BCUT2D eigenvalue weighted by Gasteiger charge is 2.30. The van der Waals surface area contributed by atoms with Crippen LogP contribution in [0.15, 0.2) is 23.1 Å². The van der Waals surface area contributed by atoms with Crippen molar-refractivity contribution >= 4 is 25.6 Å². The van der Waals surface area contributed by atoms with Crippen LogP contribution in [0.5, 0.6) is 5.75 Å². The highest BCUT2D eigenvalue weighted by molar-refractivity contribution is 8.13. The fourth-order valence-corrected chi connectivity index (χ4v) is 2.74. The number of nitrogens with one attached hydrogen (secondary N) is 1. The van der Waals surface area contributed by atoms with Crippen LogP contribution in [0.3, 0.4) is 0 Å². The van der Waals surface area contributed by atoms with E-state index in [1.807, 2.05) is 13.8 Å². The average molecular weight is 318 g/mol. The maximum Gasteiger partial charge on any atom is 0.261 e. The molecule has 0 aromatic heterocycles. The molecule has 1 aliphatic rings. The van der Waals surface area contributed by atoms with Crippen LogP contribution in [-0.4, -0.2) is 27.0 Å². The molecule has 1 aromatic carbocycles. The van der Waals surface area contributed by atoms with Crippen molar-refractivity contribution in [3.8, 4) is 5.75 Å². The Balaban J connectivity index is 2.10. The number of carbonyl (C=O) groups is 1. The van der Waals surface area contributed by atoms with Crippen molar-refractivity contribution in [2.24, 2.45) is 5.92 Å². The summed E-state index contributed by atoms with van der Waals surface area (Å²) in [4.78, 5) is 11.9. The summed E-state index contributed by atoms with van der Waals surface area (Å²) in [6.45, 7) is 4.58. The second kappa shape index (κ2) is 5.61. The molecule has 20 heavy (non-hydrogen) atoms. The highest BCUT2D eigenvalue weighted by atomic mass is 35.7. The largest absolute Gasteiger partial charge is 0.480 e. The van der Waals surface area contributed by atoms with Gasteiger partial charge < -0.3 is 10.1 Å². The second-order valence-corrected chi connectivity index (χ2v) is 7.72. The van der Waals surface area contributed by atoms with Gasteiger partial charge in [0, 0.05) is 23.6 Å². The molecule has 1 amide bonds. The lowest BCUT2D eigenvalue weighted by Gasteiger charge is -2.12. The maximum absolute atomic E-state index is 11.9. The van der Waals surface area contributed by atoms with E-state index < -0.39 is 15.2 Å². The van der Waals surface area contributed by atoms with Gasteiger partial charge in [0.05, 0.1) is 4.90 Å². The third-order valence-electron chi connectivity index (χ3n) is 2.97. The average Bonchev–Trinajstić information content (AvgIpc) is 2.77. The first-order valence-electron chi connectivity index (χ1n) is 6.29. The van der Waals surface area contributed by atoms with Gasteiger partial charge in [-0.2, -0.15) is 0 Å². The Kier molecular flexibility index (Phi) is 4.25. The topological polar surface area (TPSA) is 72.5 Å². The zero-order chi connectivity index (χ0) is 14.9. The van der Waals surface area contributed by atoms with E-state index >= 15 is 0 Å². The predicted molar refractivity (Wildman–Crippen MR) is 75.4 cm³/mol. The van der Waals surface area contributed by atoms with Crippen LogP contribution in [0.4, 0.5) is 0 Å². The van der Waals surface area contributed by atoms with E-state index in [1.165, 1.54) is 18.2 Å². The third-order valence-corrected chi connectivity index (χ3v) is 4.32. The zero-order valence-electron chi connectivity index (χ0n) is 11.2. The summed E-state index contributed by atoms with van der Waals surface area (Å²) < 4.78 is 28.1. The number of halogens is 1. The summed E-state index contributed by atoms with van der Waals surface area (Å²) in [5.74, 6) is 0.694. The predicted octanol–water partition coefficient (Wildman–Crippen LogP) is 1.69. The molecule has 1 atom stereocenters. The number of ether oxygens (including phenoxy) is 1. The molecule has 1 unspecified atom stereocenters. The Labute approximate surface area is 122 Å². The first-order valence-corrected chi connectivity index (χ1v) is 8.60. The first-order chi connectivity index (χ1) is 9.27. The van der Waals surface area contributed by atoms with E-state index in [9.17, 15) is 13.2 Å². The Hall–Kier alpha value is -1.27. The Morgan fingerprint density at radius 1 is 1.50 bits per heavy atom. The van der Waals surface area contributed by atoms with E-state index in [-0.39, 0.29) is 10.8 Å². The fourth-order valence-electron chi connectivity index (χ4n) is 1.94. The molecule has 7 heteroatoms. The van der Waals surface area contributed by atoms with Gasteiger partial charge >= 0.3 is 0 Å². The van der Waals surface area contributed by atoms with Crippen molar-refractivity contribution in [3.63, 3.8) is 0 Å². The minimum absolute atomic E-state index is 0.0183. The zero-order valence-corrected chi connectivity index (χ0v) is 12.8. The van der Waals surface area contributed by atoms with Crippen molar-refractivity contribution in [1.82, 2.24) is 5.32 Å². The van der Waals surface area contributed by atoms with Gasteiger partial charge in [-0.25, -0.2) is 8.42 Å². The molecule has 1 aromatic rings. The van der Waals surface area contributed by atoms with Gasteiger partial charge in [-0.15, -0.1) is 0 Å². The van der Waals surface area contributed by atoms with Crippen molar-refractivity contribution in [2.45, 2.75) is 31.3 Å². The van der Waals surface area contributed by atoms with Crippen molar-refractivity contribution in [1.29, 1.82) is 0 Å². The lowest BCUT2D eigenvalue weighted by Crippen LogP contribution is -2.39. The van der Waals surface area contributed by atoms with Gasteiger partial charge in [-0.3, -0.25) is 4.79 Å².